The number of allylic oxidation sites excluding steroid dienone is 2. The van der Waals surface area contributed by atoms with Gasteiger partial charge < -0.3 is 16.2 Å². The summed E-state index contributed by atoms with van der Waals surface area (Å²) < 4.78 is 23.1. The number of aromatic nitrogens is 1. The van der Waals surface area contributed by atoms with Crippen LogP contribution in [0.3, 0.4) is 0 Å². The Morgan fingerprint density at radius 3 is 2.72 bits per heavy atom. The van der Waals surface area contributed by atoms with Gasteiger partial charge in [0.2, 0.25) is 0 Å². The van der Waals surface area contributed by atoms with Crippen molar-refractivity contribution in [3.63, 3.8) is 0 Å². The first-order valence-electron chi connectivity index (χ1n) is 8.47. The first kappa shape index (κ1) is 20.7. The van der Waals surface area contributed by atoms with Gasteiger partial charge in [0.15, 0.2) is 11.0 Å². The van der Waals surface area contributed by atoms with E-state index in [-0.39, 0.29) is 11.4 Å². The lowest BCUT2D eigenvalue weighted by atomic mass is 10.2. The highest BCUT2D eigenvalue weighted by Gasteiger charge is 2.13. The van der Waals surface area contributed by atoms with Gasteiger partial charge in [0.05, 0.1) is 23.2 Å². The molecular formula is C20H19BrN4O3S. The summed E-state index contributed by atoms with van der Waals surface area (Å²) in [7, 11) is -0.0270. The maximum Gasteiger partial charge on any atom is 0.255 e. The lowest BCUT2D eigenvalue weighted by Gasteiger charge is -2.15. The predicted molar refractivity (Wildman–Crippen MR) is 119 cm³/mol. The van der Waals surface area contributed by atoms with Crippen LogP contribution >= 0.6 is 15.9 Å². The van der Waals surface area contributed by atoms with E-state index >= 15 is 0 Å². The molecule has 0 bridgehead atoms. The van der Waals surface area contributed by atoms with Crippen molar-refractivity contribution < 1.29 is 8.95 Å². The van der Waals surface area contributed by atoms with Crippen LogP contribution in [-0.2, 0) is 11.0 Å². The van der Waals surface area contributed by atoms with Gasteiger partial charge in [0.25, 0.3) is 5.56 Å². The second-order valence-corrected chi connectivity index (χ2v) is 8.05. The molecule has 1 heterocycles. The second-order valence-electron chi connectivity index (χ2n) is 5.92. The van der Waals surface area contributed by atoms with Crippen LogP contribution in [0.1, 0.15) is 0 Å². The summed E-state index contributed by atoms with van der Waals surface area (Å²) in [5, 5.41) is 0.742. The zero-order valence-corrected chi connectivity index (χ0v) is 17.9. The molecular weight excluding hydrogens is 456 g/mol. The van der Waals surface area contributed by atoms with Gasteiger partial charge in [-0.15, -0.1) is 0 Å². The Bertz CT molecular complexity index is 1200. The van der Waals surface area contributed by atoms with Crippen LogP contribution in [0.25, 0.3) is 16.6 Å². The smallest absolute Gasteiger partial charge is 0.255 e. The molecule has 9 heteroatoms. The van der Waals surface area contributed by atoms with E-state index in [1.807, 2.05) is 6.07 Å². The van der Waals surface area contributed by atoms with E-state index in [1.54, 1.807) is 48.1 Å². The molecule has 5 N–H and O–H groups in total. The number of rotatable bonds is 6. The third-order valence-electron chi connectivity index (χ3n) is 4.06. The van der Waals surface area contributed by atoms with Gasteiger partial charge in [0, 0.05) is 15.9 Å². The quantitative estimate of drug-likeness (QED) is 0.475. The zero-order chi connectivity index (χ0) is 21.0. The minimum Gasteiger partial charge on any atom is -0.495 e. The number of hydrogen-bond donors (Lipinski definition) is 3. The van der Waals surface area contributed by atoms with E-state index in [4.69, 9.17) is 16.2 Å². The number of nitrogens with one attached hydrogen (secondary N) is 1. The third-order valence-corrected chi connectivity index (χ3v) is 5.66. The lowest BCUT2D eigenvalue weighted by Crippen LogP contribution is -2.22. The van der Waals surface area contributed by atoms with Gasteiger partial charge in [0.1, 0.15) is 11.6 Å². The maximum atomic E-state index is 12.6. The Morgan fingerprint density at radius 2 is 2.00 bits per heavy atom. The van der Waals surface area contributed by atoms with E-state index in [9.17, 15) is 9.00 Å². The average molecular weight is 475 g/mol. The molecule has 0 aliphatic carbocycles. The van der Waals surface area contributed by atoms with E-state index in [0.717, 1.165) is 9.86 Å². The number of halogens is 1. The van der Waals surface area contributed by atoms with E-state index in [2.05, 4.69) is 20.7 Å². The van der Waals surface area contributed by atoms with Crippen LogP contribution in [-0.4, -0.2) is 15.9 Å². The summed E-state index contributed by atoms with van der Waals surface area (Å²) in [6.45, 7) is 0. The van der Waals surface area contributed by atoms with Gasteiger partial charge in [-0.05, 0) is 60.8 Å². The van der Waals surface area contributed by atoms with Crippen LogP contribution < -0.4 is 26.5 Å². The van der Waals surface area contributed by atoms with Crippen molar-refractivity contribution >= 4 is 37.8 Å². The number of fused-ring (bicyclic) bond motifs is 1. The molecule has 3 aromatic rings. The summed E-state index contributed by atoms with van der Waals surface area (Å²) >= 11 is 3.40. The molecule has 3 rings (SSSR count). The molecule has 29 heavy (non-hydrogen) atoms. The summed E-state index contributed by atoms with van der Waals surface area (Å²) in [6, 6.07) is 13.7. The number of benzene rings is 2. The first-order chi connectivity index (χ1) is 13.9. The molecule has 0 spiro atoms. The number of nitrogens with two attached hydrogens (primary N) is 2. The number of nitrogens with zero attached hydrogens (tertiary/aromatic N) is 1. The maximum absolute atomic E-state index is 12.6. The van der Waals surface area contributed by atoms with Crippen molar-refractivity contribution in [2.45, 2.75) is 4.90 Å². The molecule has 2 aromatic carbocycles. The summed E-state index contributed by atoms with van der Waals surface area (Å²) in [4.78, 5) is 13.1. The van der Waals surface area contributed by atoms with Crippen LogP contribution in [0.5, 0.6) is 5.75 Å². The molecule has 0 radical (unpaired) electrons. The Kier molecular flexibility index (Phi) is 6.40. The van der Waals surface area contributed by atoms with Crippen LogP contribution in [0.15, 0.2) is 86.9 Å². The Labute approximate surface area is 178 Å². The SMILES string of the molecule is COc1cc(Br)ccc1-n1c(=O)ccc2cc(S(=O)N/C(N)=C/C=C\N)ccc21. The highest BCUT2D eigenvalue weighted by Crippen LogP contribution is 2.28. The molecule has 0 aliphatic heterocycles. The Balaban J connectivity index is 2.08. The van der Waals surface area contributed by atoms with Crippen molar-refractivity contribution in [3.8, 4) is 11.4 Å². The minimum absolute atomic E-state index is 0.203. The number of pyridine rings is 1. The highest BCUT2D eigenvalue weighted by molar-refractivity contribution is 9.10. The fraction of sp³-hybridized carbons (Fsp3) is 0.0500. The molecule has 7 nitrogen and oxygen atoms in total. The molecule has 150 valence electrons. The highest BCUT2D eigenvalue weighted by atomic mass is 79.9. The van der Waals surface area contributed by atoms with Gasteiger partial charge in [-0.1, -0.05) is 15.9 Å². The topological polar surface area (TPSA) is 112 Å². The van der Waals surface area contributed by atoms with E-state index in [1.165, 1.54) is 24.4 Å². The van der Waals surface area contributed by atoms with Crippen molar-refractivity contribution in [1.29, 1.82) is 0 Å². The molecule has 0 saturated heterocycles. The normalized spacial score (nSPS) is 13.0. The Hall–Kier alpha value is -3.04. The number of hydrogen-bond acceptors (Lipinski definition) is 5. The zero-order valence-electron chi connectivity index (χ0n) is 15.5. The van der Waals surface area contributed by atoms with Crippen LogP contribution in [0.4, 0.5) is 0 Å². The monoisotopic (exact) mass is 474 g/mol. The molecule has 0 saturated carbocycles. The fourth-order valence-electron chi connectivity index (χ4n) is 2.78. The molecule has 0 fully saturated rings. The molecule has 1 unspecified atom stereocenters. The molecule has 1 aromatic heterocycles. The fourth-order valence-corrected chi connectivity index (χ4v) is 3.95. The Morgan fingerprint density at radius 1 is 1.21 bits per heavy atom. The molecule has 1 atom stereocenters. The minimum atomic E-state index is -1.57. The van der Waals surface area contributed by atoms with Gasteiger partial charge >= 0.3 is 0 Å². The lowest BCUT2D eigenvalue weighted by molar-refractivity contribution is 0.412. The van der Waals surface area contributed by atoms with Crippen LogP contribution in [0, 0.1) is 0 Å². The number of ether oxygens (including phenoxy) is 1. The molecule has 0 amide bonds. The first-order valence-corrected chi connectivity index (χ1v) is 10.4. The summed E-state index contributed by atoms with van der Waals surface area (Å²) in [5.74, 6) is 0.767. The largest absolute Gasteiger partial charge is 0.495 e. The van der Waals surface area contributed by atoms with Crippen molar-refractivity contribution in [3.05, 3.63) is 87.5 Å². The van der Waals surface area contributed by atoms with Crippen molar-refractivity contribution in [2.24, 2.45) is 11.5 Å². The second kappa shape index (κ2) is 8.97. The van der Waals surface area contributed by atoms with Gasteiger partial charge in [-0.25, -0.2) is 4.21 Å². The molecule has 0 aliphatic rings. The van der Waals surface area contributed by atoms with E-state index < -0.39 is 11.0 Å². The third kappa shape index (κ3) is 4.52. The van der Waals surface area contributed by atoms with Gasteiger partial charge in [-0.2, -0.15) is 0 Å². The van der Waals surface area contributed by atoms with Crippen molar-refractivity contribution in [2.75, 3.05) is 7.11 Å². The van der Waals surface area contributed by atoms with E-state index in [0.29, 0.717) is 21.8 Å². The number of methoxy groups -OCH3 is 1. The van der Waals surface area contributed by atoms with Crippen molar-refractivity contribution in [1.82, 2.24) is 9.29 Å². The standard InChI is InChI=1S/C20H19BrN4O3S/c1-28-18-12-14(21)5-7-17(18)25-16-8-6-15(11-13(16)4-9-20(25)26)29(27)24-19(23)3-2-10-22/h2-12,24H,22-23H2,1H3/b10-2-,19-3+. The predicted octanol–water partition coefficient (Wildman–Crippen LogP) is 2.65. The summed E-state index contributed by atoms with van der Waals surface area (Å²) in [5.41, 5.74) is 12.1. The summed E-state index contributed by atoms with van der Waals surface area (Å²) in [6.07, 6.45) is 4.36. The average Bonchev–Trinajstić information content (AvgIpc) is 2.72. The van der Waals surface area contributed by atoms with Crippen LogP contribution in [0.2, 0.25) is 0 Å². The van der Waals surface area contributed by atoms with Gasteiger partial charge in [-0.3, -0.25) is 14.1 Å².